The van der Waals surface area contributed by atoms with Gasteiger partial charge in [0.2, 0.25) is 5.91 Å². The lowest BCUT2D eigenvalue weighted by molar-refractivity contribution is -0.133. The molecule has 1 aliphatic rings. The first kappa shape index (κ1) is 12.1. The molecule has 92 valence electrons. The average Bonchev–Trinajstić information content (AvgIpc) is 3.20. The average molecular weight is 232 g/mol. The number of rotatable bonds is 4. The minimum absolute atomic E-state index is 0.00981. The summed E-state index contributed by atoms with van der Waals surface area (Å²) in [7, 11) is 1.86. The van der Waals surface area contributed by atoms with Crippen LogP contribution in [0.5, 0.6) is 0 Å². The van der Waals surface area contributed by atoms with Gasteiger partial charge in [0.15, 0.2) is 0 Å². The molecule has 17 heavy (non-hydrogen) atoms. The van der Waals surface area contributed by atoms with E-state index >= 15 is 0 Å². The highest BCUT2D eigenvalue weighted by Gasteiger charge is 2.34. The summed E-state index contributed by atoms with van der Waals surface area (Å²) in [5.74, 6) is 0.683. The van der Waals surface area contributed by atoms with Crippen molar-refractivity contribution in [1.82, 2.24) is 4.90 Å². The number of nitrogens with zero attached hydrogens (tertiary/aromatic N) is 1. The van der Waals surface area contributed by atoms with E-state index in [-0.39, 0.29) is 5.91 Å². The first-order valence-electron chi connectivity index (χ1n) is 6.18. The summed E-state index contributed by atoms with van der Waals surface area (Å²) in [6, 6.07) is 9.31. The van der Waals surface area contributed by atoms with Crippen LogP contribution < -0.4 is 5.73 Å². The third kappa shape index (κ3) is 2.67. The van der Waals surface area contributed by atoms with Gasteiger partial charge in [0, 0.05) is 13.1 Å². The zero-order valence-corrected chi connectivity index (χ0v) is 10.5. The molecule has 0 saturated heterocycles. The van der Waals surface area contributed by atoms with Crippen molar-refractivity contribution in [3.8, 4) is 0 Å². The van der Waals surface area contributed by atoms with E-state index in [4.69, 9.17) is 5.73 Å². The van der Waals surface area contributed by atoms with Crippen LogP contribution in [0.1, 0.15) is 31.4 Å². The lowest BCUT2D eigenvalue weighted by Gasteiger charge is -2.27. The molecule has 0 heterocycles. The summed E-state index contributed by atoms with van der Waals surface area (Å²) < 4.78 is 0. The zero-order chi connectivity index (χ0) is 12.4. The van der Waals surface area contributed by atoms with Gasteiger partial charge in [0.05, 0.1) is 0 Å². The van der Waals surface area contributed by atoms with E-state index < -0.39 is 6.04 Å². The standard InChI is InChI=1S/C14H20N2O/c1-10(11-8-9-11)16(2)14(17)13(15)12-6-4-3-5-7-12/h3-7,10-11,13H,8-9,15H2,1-2H3. The van der Waals surface area contributed by atoms with Gasteiger partial charge in [-0.15, -0.1) is 0 Å². The van der Waals surface area contributed by atoms with Crippen molar-refractivity contribution in [3.63, 3.8) is 0 Å². The molecule has 0 bridgehead atoms. The Balaban J connectivity index is 2.03. The van der Waals surface area contributed by atoms with Crippen LogP contribution in [0.2, 0.25) is 0 Å². The molecule has 2 unspecified atom stereocenters. The van der Waals surface area contributed by atoms with Crippen LogP contribution in [0.4, 0.5) is 0 Å². The van der Waals surface area contributed by atoms with Gasteiger partial charge >= 0.3 is 0 Å². The van der Waals surface area contributed by atoms with Crippen molar-refractivity contribution in [2.75, 3.05) is 7.05 Å². The van der Waals surface area contributed by atoms with Crippen molar-refractivity contribution >= 4 is 5.91 Å². The molecule has 0 aromatic heterocycles. The van der Waals surface area contributed by atoms with Crippen molar-refractivity contribution in [1.29, 1.82) is 0 Å². The van der Waals surface area contributed by atoms with E-state index in [1.165, 1.54) is 12.8 Å². The van der Waals surface area contributed by atoms with E-state index in [0.717, 1.165) is 5.56 Å². The number of likely N-dealkylation sites (N-methyl/N-ethyl adjacent to an activating group) is 1. The first-order chi connectivity index (χ1) is 8.11. The van der Waals surface area contributed by atoms with Crippen LogP contribution in [-0.2, 0) is 4.79 Å². The Hall–Kier alpha value is -1.35. The van der Waals surface area contributed by atoms with Gasteiger partial charge in [-0.2, -0.15) is 0 Å². The summed E-state index contributed by atoms with van der Waals surface area (Å²) >= 11 is 0. The molecular formula is C14H20N2O. The lowest BCUT2D eigenvalue weighted by Crippen LogP contribution is -2.42. The molecule has 1 aromatic carbocycles. The number of hydrogen-bond donors (Lipinski definition) is 1. The molecule has 0 aliphatic heterocycles. The Kier molecular flexibility index (Phi) is 3.48. The normalized spacial score (nSPS) is 18.5. The Labute approximate surface area is 103 Å². The van der Waals surface area contributed by atoms with Gasteiger partial charge in [-0.1, -0.05) is 30.3 Å². The summed E-state index contributed by atoms with van der Waals surface area (Å²) in [6.07, 6.45) is 2.47. The molecule has 0 radical (unpaired) electrons. The molecule has 1 aromatic rings. The molecule has 1 aliphatic carbocycles. The second-order valence-electron chi connectivity index (χ2n) is 4.92. The summed E-state index contributed by atoms with van der Waals surface area (Å²) in [4.78, 5) is 14.0. The van der Waals surface area contributed by atoms with Gasteiger partial charge in [-0.3, -0.25) is 4.79 Å². The number of carbonyl (C=O) groups is 1. The molecule has 3 nitrogen and oxygen atoms in total. The third-order valence-electron chi connectivity index (χ3n) is 3.69. The van der Waals surface area contributed by atoms with Gasteiger partial charge in [0.25, 0.3) is 0 Å². The fourth-order valence-electron chi connectivity index (χ4n) is 2.12. The maximum atomic E-state index is 12.2. The first-order valence-corrected chi connectivity index (χ1v) is 6.18. The highest BCUT2D eigenvalue weighted by atomic mass is 16.2. The number of amides is 1. The Bertz CT molecular complexity index is 386. The van der Waals surface area contributed by atoms with Crippen LogP contribution in [0.25, 0.3) is 0 Å². The van der Waals surface area contributed by atoms with E-state index in [9.17, 15) is 4.79 Å². The summed E-state index contributed by atoms with van der Waals surface area (Å²) in [5, 5.41) is 0. The van der Waals surface area contributed by atoms with Crippen LogP contribution >= 0.6 is 0 Å². The molecule has 2 N–H and O–H groups in total. The topological polar surface area (TPSA) is 46.3 Å². The third-order valence-corrected chi connectivity index (χ3v) is 3.69. The number of nitrogens with two attached hydrogens (primary N) is 1. The van der Waals surface area contributed by atoms with E-state index in [0.29, 0.717) is 12.0 Å². The van der Waals surface area contributed by atoms with Crippen molar-refractivity contribution in [3.05, 3.63) is 35.9 Å². The Morgan fingerprint density at radius 3 is 2.47 bits per heavy atom. The fourth-order valence-corrected chi connectivity index (χ4v) is 2.12. The van der Waals surface area contributed by atoms with Crippen LogP contribution in [-0.4, -0.2) is 23.9 Å². The van der Waals surface area contributed by atoms with E-state index in [1.807, 2.05) is 37.4 Å². The smallest absolute Gasteiger partial charge is 0.244 e. The quantitative estimate of drug-likeness (QED) is 0.862. The van der Waals surface area contributed by atoms with Crippen molar-refractivity contribution in [2.45, 2.75) is 31.8 Å². The number of hydrogen-bond acceptors (Lipinski definition) is 2. The minimum atomic E-state index is -0.539. The molecule has 0 spiro atoms. The SMILES string of the molecule is CC(C1CC1)N(C)C(=O)C(N)c1ccccc1. The van der Waals surface area contributed by atoms with Crippen molar-refractivity contribution < 1.29 is 4.79 Å². The number of carbonyl (C=O) groups excluding carboxylic acids is 1. The molecule has 2 atom stereocenters. The van der Waals surface area contributed by atoms with Gasteiger partial charge in [-0.05, 0) is 31.2 Å². The molecule has 2 rings (SSSR count). The minimum Gasteiger partial charge on any atom is -0.341 e. The van der Waals surface area contributed by atoms with Gasteiger partial charge < -0.3 is 10.6 Å². The van der Waals surface area contributed by atoms with E-state index in [2.05, 4.69) is 6.92 Å². The van der Waals surface area contributed by atoms with Crippen LogP contribution in [0, 0.1) is 5.92 Å². The zero-order valence-electron chi connectivity index (χ0n) is 10.5. The molecule has 1 fully saturated rings. The van der Waals surface area contributed by atoms with Crippen LogP contribution in [0.3, 0.4) is 0 Å². The number of benzene rings is 1. The second kappa shape index (κ2) is 4.88. The summed E-state index contributed by atoms with van der Waals surface area (Å²) in [6.45, 7) is 2.10. The molecule has 3 heteroatoms. The highest BCUT2D eigenvalue weighted by molar-refractivity contribution is 5.83. The van der Waals surface area contributed by atoms with Gasteiger partial charge in [-0.25, -0.2) is 0 Å². The molecule has 1 amide bonds. The highest BCUT2D eigenvalue weighted by Crippen LogP contribution is 2.35. The Morgan fingerprint density at radius 1 is 1.35 bits per heavy atom. The largest absolute Gasteiger partial charge is 0.341 e. The lowest BCUT2D eigenvalue weighted by atomic mass is 10.1. The van der Waals surface area contributed by atoms with Crippen molar-refractivity contribution in [2.24, 2.45) is 11.7 Å². The fraction of sp³-hybridized carbons (Fsp3) is 0.500. The Morgan fingerprint density at radius 2 is 1.94 bits per heavy atom. The monoisotopic (exact) mass is 232 g/mol. The maximum Gasteiger partial charge on any atom is 0.244 e. The van der Waals surface area contributed by atoms with Gasteiger partial charge in [0.1, 0.15) is 6.04 Å². The predicted octanol–water partition coefficient (Wildman–Crippen LogP) is 1.94. The molecular weight excluding hydrogens is 212 g/mol. The van der Waals surface area contributed by atoms with Crippen LogP contribution in [0.15, 0.2) is 30.3 Å². The second-order valence-corrected chi connectivity index (χ2v) is 4.92. The maximum absolute atomic E-state index is 12.2. The molecule has 1 saturated carbocycles. The predicted molar refractivity (Wildman–Crippen MR) is 68.3 cm³/mol. The summed E-state index contributed by atoms with van der Waals surface area (Å²) in [5.41, 5.74) is 6.89. The van der Waals surface area contributed by atoms with E-state index in [1.54, 1.807) is 4.90 Å².